The zero-order valence-corrected chi connectivity index (χ0v) is 16.9. The Morgan fingerprint density at radius 1 is 0.906 bits per heavy atom. The Morgan fingerprint density at radius 3 is 2.56 bits per heavy atom. The first-order chi connectivity index (χ1) is 15.7. The van der Waals surface area contributed by atoms with E-state index in [0.717, 1.165) is 5.56 Å². The van der Waals surface area contributed by atoms with E-state index in [0.29, 0.717) is 46.8 Å². The Labute approximate surface area is 183 Å². The van der Waals surface area contributed by atoms with E-state index in [9.17, 15) is 9.59 Å². The van der Waals surface area contributed by atoms with Crippen LogP contribution in [0.4, 0.5) is 0 Å². The zero-order chi connectivity index (χ0) is 21.9. The van der Waals surface area contributed by atoms with Crippen molar-refractivity contribution in [3.05, 3.63) is 94.9 Å². The molecule has 32 heavy (non-hydrogen) atoms. The van der Waals surface area contributed by atoms with Crippen molar-refractivity contribution in [2.75, 3.05) is 13.2 Å². The van der Waals surface area contributed by atoms with E-state index in [2.05, 4.69) is 0 Å². The highest BCUT2D eigenvalue weighted by atomic mass is 16.6. The lowest BCUT2D eigenvalue weighted by Crippen LogP contribution is -2.15. The average molecular weight is 426 g/mol. The van der Waals surface area contributed by atoms with E-state index in [4.69, 9.17) is 18.6 Å². The van der Waals surface area contributed by atoms with Gasteiger partial charge in [0, 0.05) is 12.1 Å². The van der Waals surface area contributed by atoms with Crippen LogP contribution in [0, 0.1) is 0 Å². The molecular formula is C26H18O6. The van der Waals surface area contributed by atoms with Crippen molar-refractivity contribution in [1.82, 2.24) is 0 Å². The molecule has 0 fully saturated rings. The number of carbonyl (C=O) groups is 1. The number of hydrogen-bond acceptors (Lipinski definition) is 6. The number of esters is 1. The van der Waals surface area contributed by atoms with Gasteiger partial charge in [0.25, 0.3) is 0 Å². The Hall–Kier alpha value is -4.32. The van der Waals surface area contributed by atoms with Gasteiger partial charge in [-0.05, 0) is 41.5 Å². The average Bonchev–Trinajstić information content (AvgIpc) is 2.83. The first-order valence-corrected chi connectivity index (χ1v) is 10.1. The molecule has 1 aromatic heterocycles. The molecule has 6 heteroatoms. The maximum Gasteiger partial charge on any atom is 0.336 e. The Morgan fingerprint density at radius 2 is 1.72 bits per heavy atom. The van der Waals surface area contributed by atoms with Crippen molar-refractivity contribution < 1.29 is 23.4 Å². The highest BCUT2D eigenvalue weighted by Gasteiger charge is 2.16. The smallest absolute Gasteiger partial charge is 0.336 e. The fourth-order valence-electron chi connectivity index (χ4n) is 3.46. The van der Waals surface area contributed by atoms with Crippen LogP contribution in [0.2, 0.25) is 0 Å². The van der Waals surface area contributed by atoms with Crippen LogP contribution in [0.5, 0.6) is 17.2 Å². The van der Waals surface area contributed by atoms with Gasteiger partial charge in [-0.2, -0.15) is 0 Å². The fourth-order valence-corrected chi connectivity index (χ4v) is 3.46. The van der Waals surface area contributed by atoms with Gasteiger partial charge in [-0.1, -0.05) is 36.4 Å². The molecule has 1 aliphatic rings. The molecule has 0 bridgehead atoms. The number of fused-ring (bicyclic) bond motifs is 2. The molecule has 0 radical (unpaired) electrons. The maximum atomic E-state index is 13.0. The highest BCUT2D eigenvalue weighted by Crippen LogP contribution is 2.34. The molecule has 0 saturated carbocycles. The quantitative estimate of drug-likeness (QED) is 0.264. The minimum atomic E-state index is -0.525. The van der Waals surface area contributed by atoms with Gasteiger partial charge in [-0.3, -0.25) is 4.79 Å². The minimum absolute atomic E-state index is 0.190. The number of benzene rings is 3. The highest BCUT2D eigenvalue weighted by molar-refractivity contribution is 5.90. The van der Waals surface area contributed by atoms with Crippen LogP contribution in [0.3, 0.4) is 0 Å². The van der Waals surface area contributed by atoms with Gasteiger partial charge in [0.15, 0.2) is 16.9 Å². The van der Waals surface area contributed by atoms with Crippen molar-refractivity contribution in [2.45, 2.75) is 0 Å². The predicted molar refractivity (Wildman–Crippen MR) is 120 cm³/mol. The number of hydrogen-bond donors (Lipinski definition) is 0. The van der Waals surface area contributed by atoms with E-state index >= 15 is 0 Å². The largest absolute Gasteiger partial charge is 0.486 e. The third kappa shape index (κ3) is 3.98. The van der Waals surface area contributed by atoms with E-state index in [-0.39, 0.29) is 11.2 Å². The van der Waals surface area contributed by atoms with Crippen LogP contribution in [0.15, 0.2) is 88.3 Å². The van der Waals surface area contributed by atoms with Crippen LogP contribution < -0.4 is 19.6 Å². The number of carbonyl (C=O) groups excluding carboxylic acids is 1. The monoisotopic (exact) mass is 426 g/mol. The second-order valence-corrected chi connectivity index (χ2v) is 7.16. The van der Waals surface area contributed by atoms with E-state index in [1.54, 1.807) is 36.4 Å². The summed E-state index contributed by atoms with van der Waals surface area (Å²) in [6.07, 6.45) is 4.42. The van der Waals surface area contributed by atoms with Crippen molar-refractivity contribution >= 4 is 23.0 Å². The molecule has 6 nitrogen and oxygen atoms in total. The predicted octanol–water partition coefficient (Wildman–Crippen LogP) is 4.85. The third-order valence-electron chi connectivity index (χ3n) is 5.03. The summed E-state index contributed by atoms with van der Waals surface area (Å²) in [5.41, 5.74) is 2.11. The molecule has 158 valence electrons. The third-order valence-corrected chi connectivity index (χ3v) is 5.03. The van der Waals surface area contributed by atoms with Gasteiger partial charge < -0.3 is 18.6 Å². The first-order valence-electron chi connectivity index (χ1n) is 10.1. The molecule has 0 spiro atoms. The van der Waals surface area contributed by atoms with E-state index in [1.165, 1.54) is 18.4 Å². The summed E-state index contributed by atoms with van der Waals surface area (Å²) in [6, 6.07) is 19.5. The molecule has 4 aromatic rings. The second-order valence-electron chi connectivity index (χ2n) is 7.16. The van der Waals surface area contributed by atoms with Gasteiger partial charge in [0.2, 0.25) is 0 Å². The lowest BCUT2D eigenvalue weighted by Gasteiger charge is -2.18. The van der Waals surface area contributed by atoms with Crippen molar-refractivity contribution in [2.24, 2.45) is 0 Å². The molecule has 0 aliphatic carbocycles. The number of ether oxygens (including phenoxy) is 3. The van der Waals surface area contributed by atoms with E-state index in [1.807, 2.05) is 30.3 Å². The second kappa shape index (κ2) is 8.43. The molecule has 1 aliphatic heterocycles. The van der Waals surface area contributed by atoms with Gasteiger partial charge >= 0.3 is 5.97 Å². The Balaban J connectivity index is 1.39. The molecular weight excluding hydrogens is 408 g/mol. The maximum absolute atomic E-state index is 13.0. The summed E-state index contributed by atoms with van der Waals surface area (Å²) >= 11 is 0. The summed E-state index contributed by atoms with van der Waals surface area (Å²) in [7, 11) is 0. The van der Waals surface area contributed by atoms with Crippen LogP contribution in [0.25, 0.3) is 28.2 Å². The molecule has 0 atom stereocenters. The van der Waals surface area contributed by atoms with Crippen LogP contribution >= 0.6 is 0 Å². The summed E-state index contributed by atoms with van der Waals surface area (Å²) in [6.45, 7) is 0.963. The lowest BCUT2D eigenvalue weighted by molar-refractivity contribution is -0.128. The molecule has 0 N–H and O–H groups in total. The molecule has 0 unspecified atom stereocenters. The van der Waals surface area contributed by atoms with Crippen LogP contribution in [-0.2, 0) is 4.79 Å². The van der Waals surface area contributed by atoms with Crippen LogP contribution in [0.1, 0.15) is 5.56 Å². The Kier molecular flexibility index (Phi) is 5.17. The van der Waals surface area contributed by atoms with Gasteiger partial charge in [0.05, 0.1) is 10.9 Å². The topological polar surface area (TPSA) is 75.0 Å². The van der Waals surface area contributed by atoms with E-state index < -0.39 is 5.97 Å². The SMILES string of the molecule is O=C(C=Cc1ccccc1)Oc1ccc2c(=O)c(-c3ccc4c(c3)OCCO4)coc2c1. The fraction of sp³-hybridized carbons (Fsp3) is 0.0769. The normalized spacial score (nSPS) is 12.8. The minimum Gasteiger partial charge on any atom is -0.486 e. The zero-order valence-electron chi connectivity index (χ0n) is 16.9. The van der Waals surface area contributed by atoms with Crippen molar-refractivity contribution in [3.8, 4) is 28.4 Å². The molecule has 5 rings (SSSR count). The molecule has 0 saturated heterocycles. The lowest BCUT2D eigenvalue weighted by atomic mass is 10.0. The van der Waals surface area contributed by atoms with Gasteiger partial charge in [0.1, 0.15) is 30.8 Å². The standard InChI is InChI=1S/C26H18O6/c27-25(11-6-17-4-2-1-3-5-17)32-19-8-9-20-23(15-19)31-16-21(26(20)28)18-7-10-22-24(14-18)30-13-12-29-22/h1-11,14-16H,12-13H2. The Bertz CT molecular complexity index is 1380. The summed E-state index contributed by atoms with van der Waals surface area (Å²) in [5.74, 6) is 1.01. The molecule has 0 amide bonds. The van der Waals surface area contributed by atoms with Crippen molar-refractivity contribution in [3.63, 3.8) is 0 Å². The van der Waals surface area contributed by atoms with Crippen molar-refractivity contribution in [1.29, 1.82) is 0 Å². The first kappa shape index (κ1) is 19.6. The summed E-state index contributed by atoms with van der Waals surface area (Å²) < 4.78 is 22.2. The van der Waals surface area contributed by atoms with Crippen LogP contribution in [-0.4, -0.2) is 19.2 Å². The summed E-state index contributed by atoms with van der Waals surface area (Å²) in [5, 5.41) is 0.386. The van der Waals surface area contributed by atoms with Gasteiger partial charge in [-0.25, -0.2) is 4.79 Å². The van der Waals surface area contributed by atoms with Gasteiger partial charge in [-0.15, -0.1) is 0 Å². The summed E-state index contributed by atoms with van der Waals surface area (Å²) in [4.78, 5) is 25.2. The molecule has 2 heterocycles. The number of rotatable bonds is 4. The molecule has 3 aromatic carbocycles.